The molecule has 0 saturated heterocycles. The van der Waals surface area contributed by atoms with Crippen LogP contribution in [0.2, 0.25) is 0 Å². The standard InChI is InChI=1S/C10H19F2N3O4/c1-19-5-2-13-10(18)14-9(17)7-15(3-4-16)6-8(11)12/h8,16H,2-7H2,1H3,(H2,13,14,17,18). The third-order valence-corrected chi connectivity index (χ3v) is 2.02. The van der Waals surface area contributed by atoms with Crippen molar-refractivity contribution in [3.8, 4) is 0 Å². The second-order valence-electron chi connectivity index (χ2n) is 3.65. The van der Waals surface area contributed by atoms with Crippen LogP contribution in [0.5, 0.6) is 0 Å². The number of aliphatic hydroxyl groups is 1. The van der Waals surface area contributed by atoms with Crippen molar-refractivity contribution in [2.75, 3.05) is 46.5 Å². The minimum absolute atomic E-state index is 0.0664. The average molecular weight is 283 g/mol. The number of aliphatic hydroxyl groups excluding tert-OH is 1. The molecule has 0 atom stereocenters. The minimum Gasteiger partial charge on any atom is -0.395 e. The van der Waals surface area contributed by atoms with E-state index < -0.39 is 24.9 Å². The fourth-order valence-corrected chi connectivity index (χ4v) is 1.25. The van der Waals surface area contributed by atoms with E-state index in [2.05, 4.69) is 5.32 Å². The minimum atomic E-state index is -2.62. The Morgan fingerprint density at radius 2 is 2.11 bits per heavy atom. The maximum Gasteiger partial charge on any atom is 0.321 e. The number of alkyl halides is 2. The van der Waals surface area contributed by atoms with Crippen LogP contribution in [0.1, 0.15) is 0 Å². The number of amides is 3. The summed E-state index contributed by atoms with van der Waals surface area (Å²) in [5.41, 5.74) is 0. The summed E-state index contributed by atoms with van der Waals surface area (Å²) < 4.78 is 29.0. The Morgan fingerprint density at radius 3 is 2.63 bits per heavy atom. The average Bonchev–Trinajstić information content (AvgIpc) is 2.28. The van der Waals surface area contributed by atoms with Crippen molar-refractivity contribution < 1.29 is 28.2 Å². The lowest BCUT2D eigenvalue weighted by Crippen LogP contribution is -2.46. The summed E-state index contributed by atoms with van der Waals surface area (Å²) in [6.45, 7) is -0.915. The third kappa shape index (κ3) is 10.3. The number of carbonyl (C=O) groups excluding carboxylic acids is 2. The molecule has 0 radical (unpaired) electrons. The largest absolute Gasteiger partial charge is 0.395 e. The van der Waals surface area contributed by atoms with E-state index in [-0.39, 0.29) is 26.2 Å². The molecule has 0 aromatic heterocycles. The number of nitrogens with zero attached hydrogens (tertiary/aromatic N) is 1. The van der Waals surface area contributed by atoms with E-state index in [0.29, 0.717) is 6.61 Å². The van der Waals surface area contributed by atoms with Crippen LogP contribution in [0.25, 0.3) is 0 Å². The molecule has 0 rings (SSSR count). The van der Waals surface area contributed by atoms with E-state index in [9.17, 15) is 18.4 Å². The zero-order chi connectivity index (χ0) is 14.7. The van der Waals surface area contributed by atoms with Gasteiger partial charge in [-0.2, -0.15) is 0 Å². The molecular weight excluding hydrogens is 264 g/mol. The first kappa shape index (κ1) is 17.7. The van der Waals surface area contributed by atoms with Gasteiger partial charge < -0.3 is 15.2 Å². The van der Waals surface area contributed by atoms with Crippen LogP contribution in [0.3, 0.4) is 0 Å². The van der Waals surface area contributed by atoms with E-state index in [1.165, 1.54) is 7.11 Å². The lowest BCUT2D eigenvalue weighted by atomic mass is 10.4. The highest BCUT2D eigenvalue weighted by atomic mass is 19.3. The van der Waals surface area contributed by atoms with Gasteiger partial charge >= 0.3 is 6.03 Å². The molecule has 0 heterocycles. The van der Waals surface area contributed by atoms with Gasteiger partial charge in [-0.15, -0.1) is 0 Å². The second-order valence-corrected chi connectivity index (χ2v) is 3.65. The van der Waals surface area contributed by atoms with Gasteiger partial charge in [-0.05, 0) is 0 Å². The van der Waals surface area contributed by atoms with Crippen LogP contribution >= 0.6 is 0 Å². The summed E-state index contributed by atoms with van der Waals surface area (Å²) in [6, 6.07) is -0.719. The number of rotatable bonds is 9. The molecule has 112 valence electrons. The molecule has 3 amide bonds. The molecule has 0 aliphatic carbocycles. The van der Waals surface area contributed by atoms with Crippen molar-refractivity contribution in [3.05, 3.63) is 0 Å². The van der Waals surface area contributed by atoms with E-state index in [4.69, 9.17) is 9.84 Å². The topological polar surface area (TPSA) is 90.9 Å². The van der Waals surface area contributed by atoms with Crippen molar-refractivity contribution in [2.45, 2.75) is 6.43 Å². The number of ether oxygens (including phenoxy) is 1. The van der Waals surface area contributed by atoms with Crippen LogP contribution in [0.4, 0.5) is 13.6 Å². The Balaban J connectivity index is 4.00. The molecule has 0 aromatic carbocycles. The summed E-state index contributed by atoms with van der Waals surface area (Å²) in [5, 5.41) is 13.0. The van der Waals surface area contributed by atoms with Gasteiger partial charge in [-0.25, -0.2) is 13.6 Å². The number of imide groups is 1. The third-order valence-electron chi connectivity index (χ3n) is 2.02. The summed E-state index contributed by atoms with van der Waals surface area (Å²) >= 11 is 0. The number of carbonyl (C=O) groups is 2. The van der Waals surface area contributed by atoms with Gasteiger partial charge in [0, 0.05) is 20.2 Å². The normalized spacial score (nSPS) is 10.8. The van der Waals surface area contributed by atoms with Crippen LogP contribution < -0.4 is 10.6 Å². The van der Waals surface area contributed by atoms with Crippen molar-refractivity contribution in [2.24, 2.45) is 0 Å². The van der Waals surface area contributed by atoms with Crippen LogP contribution in [-0.2, 0) is 9.53 Å². The number of nitrogens with one attached hydrogen (secondary N) is 2. The predicted molar refractivity (Wildman–Crippen MR) is 62.9 cm³/mol. The molecule has 0 saturated carbocycles. The molecule has 0 unspecified atom stereocenters. The van der Waals surface area contributed by atoms with E-state index in [1.807, 2.05) is 5.32 Å². The molecule has 0 spiro atoms. The molecule has 3 N–H and O–H groups in total. The Morgan fingerprint density at radius 1 is 1.42 bits per heavy atom. The molecule has 7 nitrogen and oxygen atoms in total. The number of hydrogen-bond acceptors (Lipinski definition) is 5. The Labute approximate surface area is 109 Å². The highest BCUT2D eigenvalue weighted by Crippen LogP contribution is 1.97. The summed E-state index contributed by atoms with van der Waals surface area (Å²) in [7, 11) is 1.46. The van der Waals surface area contributed by atoms with Crippen LogP contribution in [-0.4, -0.2) is 74.9 Å². The van der Waals surface area contributed by atoms with Gasteiger partial charge in [-0.3, -0.25) is 15.0 Å². The zero-order valence-corrected chi connectivity index (χ0v) is 10.7. The fourth-order valence-electron chi connectivity index (χ4n) is 1.25. The van der Waals surface area contributed by atoms with Gasteiger partial charge in [-0.1, -0.05) is 0 Å². The van der Waals surface area contributed by atoms with Gasteiger partial charge in [0.2, 0.25) is 5.91 Å². The summed E-state index contributed by atoms with van der Waals surface area (Å²) in [4.78, 5) is 23.6. The van der Waals surface area contributed by atoms with Crippen molar-refractivity contribution in [3.63, 3.8) is 0 Å². The smallest absolute Gasteiger partial charge is 0.321 e. The SMILES string of the molecule is COCCNC(=O)NC(=O)CN(CCO)CC(F)F. The summed E-state index contributed by atoms with van der Waals surface area (Å²) in [6.07, 6.45) is -2.62. The lowest BCUT2D eigenvalue weighted by Gasteiger charge is -2.19. The first-order valence-corrected chi connectivity index (χ1v) is 5.67. The van der Waals surface area contributed by atoms with Gasteiger partial charge in [0.1, 0.15) is 0 Å². The molecular formula is C10H19F2N3O4. The number of hydrogen-bond donors (Lipinski definition) is 3. The molecule has 0 bridgehead atoms. The van der Waals surface area contributed by atoms with Gasteiger partial charge in [0.25, 0.3) is 6.43 Å². The van der Waals surface area contributed by atoms with E-state index in [0.717, 1.165) is 4.90 Å². The Hall–Kier alpha value is -1.32. The number of halogens is 2. The first-order chi connectivity index (χ1) is 8.99. The van der Waals surface area contributed by atoms with Crippen molar-refractivity contribution >= 4 is 11.9 Å². The Kier molecular flexibility index (Phi) is 9.85. The fraction of sp³-hybridized carbons (Fsp3) is 0.800. The quantitative estimate of drug-likeness (QED) is 0.473. The number of urea groups is 1. The molecule has 0 aromatic rings. The molecule has 9 heteroatoms. The molecule has 0 fully saturated rings. The lowest BCUT2D eigenvalue weighted by molar-refractivity contribution is -0.121. The van der Waals surface area contributed by atoms with Crippen LogP contribution in [0, 0.1) is 0 Å². The Bertz CT molecular complexity index is 280. The molecule has 0 aliphatic rings. The highest BCUT2D eigenvalue weighted by Gasteiger charge is 2.16. The van der Waals surface area contributed by atoms with Crippen molar-refractivity contribution in [1.82, 2.24) is 15.5 Å². The molecule has 19 heavy (non-hydrogen) atoms. The summed E-state index contributed by atoms with van der Waals surface area (Å²) in [5.74, 6) is -0.719. The number of methoxy groups -OCH3 is 1. The van der Waals surface area contributed by atoms with Gasteiger partial charge in [0.05, 0.1) is 26.3 Å². The maximum atomic E-state index is 12.2. The highest BCUT2D eigenvalue weighted by molar-refractivity contribution is 5.95. The predicted octanol–water partition coefficient (Wildman–Crippen LogP) is -0.982. The molecule has 0 aliphatic heterocycles. The first-order valence-electron chi connectivity index (χ1n) is 5.67. The van der Waals surface area contributed by atoms with Crippen molar-refractivity contribution in [1.29, 1.82) is 0 Å². The van der Waals surface area contributed by atoms with Gasteiger partial charge in [0.15, 0.2) is 0 Å². The maximum absolute atomic E-state index is 12.2. The zero-order valence-electron chi connectivity index (χ0n) is 10.7. The van der Waals surface area contributed by atoms with E-state index in [1.54, 1.807) is 0 Å². The monoisotopic (exact) mass is 283 g/mol. The van der Waals surface area contributed by atoms with Crippen LogP contribution in [0.15, 0.2) is 0 Å². The second kappa shape index (κ2) is 10.6. The van der Waals surface area contributed by atoms with E-state index >= 15 is 0 Å².